The number of rotatable bonds is 3. The molecule has 104 valence electrons. The number of carbonyl (C=O) groups excluding carboxylic acids is 1. The number of aliphatic hydroxyl groups excluding tert-OH is 1. The first-order valence-corrected chi connectivity index (χ1v) is 7.39. The molecule has 0 spiro atoms. The van der Waals surface area contributed by atoms with Crippen LogP contribution in [0.5, 0.6) is 0 Å². The molecule has 1 aliphatic rings. The highest BCUT2D eigenvalue weighted by atomic mass is 79.9. The van der Waals surface area contributed by atoms with Crippen molar-refractivity contribution in [2.75, 3.05) is 0 Å². The van der Waals surface area contributed by atoms with E-state index < -0.39 is 0 Å². The minimum absolute atomic E-state index is 0.138. The van der Waals surface area contributed by atoms with Crippen molar-refractivity contribution in [3.63, 3.8) is 0 Å². The molecule has 19 heavy (non-hydrogen) atoms. The average molecular weight is 327 g/mol. The Labute approximate surface area is 121 Å². The van der Waals surface area contributed by atoms with Crippen LogP contribution in [-0.4, -0.2) is 23.3 Å². The second-order valence-corrected chi connectivity index (χ2v) is 5.88. The Morgan fingerprint density at radius 1 is 1.32 bits per heavy atom. The minimum Gasteiger partial charge on any atom is -0.393 e. The summed E-state index contributed by atoms with van der Waals surface area (Å²) in [6, 6.07) is 7.91. The van der Waals surface area contributed by atoms with Gasteiger partial charge in [0.25, 0.3) is 0 Å². The summed E-state index contributed by atoms with van der Waals surface area (Å²) in [4.78, 5) is 11.8. The lowest BCUT2D eigenvalue weighted by Crippen LogP contribution is -2.43. The lowest BCUT2D eigenvalue weighted by atomic mass is 9.93. The summed E-state index contributed by atoms with van der Waals surface area (Å²) < 4.78 is 1.01. The zero-order valence-corrected chi connectivity index (χ0v) is 12.3. The van der Waals surface area contributed by atoms with Crippen LogP contribution in [0.4, 0.5) is 4.79 Å². The van der Waals surface area contributed by atoms with Crippen LogP contribution in [0.25, 0.3) is 0 Å². The van der Waals surface area contributed by atoms with E-state index in [0.717, 1.165) is 35.7 Å². The fourth-order valence-corrected chi connectivity index (χ4v) is 2.73. The van der Waals surface area contributed by atoms with Gasteiger partial charge in [-0.05, 0) is 43.4 Å². The van der Waals surface area contributed by atoms with Crippen LogP contribution in [0.1, 0.15) is 31.2 Å². The molecule has 0 aliphatic heterocycles. The van der Waals surface area contributed by atoms with E-state index in [1.54, 1.807) is 0 Å². The Morgan fingerprint density at radius 3 is 2.74 bits per heavy atom. The van der Waals surface area contributed by atoms with Crippen LogP contribution in [0.15, 0.2) is 28.7 Å². The number of amides is 2. The Kier molecular flexibility index (Phi) is 5.22. The van der Waals surface area contributed by atoms with Gasteiger partial charge >= 0.3 is 6.03 Å². The van der Waals surface area contributed by atoms with Crippen molar-refractivity contribution in [1.82, 2.24) is 10.6 Å². The van der Waals surface area contributed by atoms with Crippen LogP contribution >= 0.6 is 15.9 Å². The van der Waals surface area contributed by atoms with Gasteiger partial charge in [0.05, 0.1) is 6.10 Å². The fraction of sp³-hybridized carbons (Fsp3) is 0.500. The normalized spacial score (nSPS) is 22.8. The van der Waals surface area contributed by atoms with Gasteiger partial charge in [0.15, 0.2) is 0 Å². The quantitative estimate of drug-likeness (QED) is 0.799. The highest BCUT2D eigenvalue weighted by Crippen LogP contribution is 2.18. The molecule has 0 heterocycles. The van der Waals surface area contributed by atoms with E-state index >= 15 is 0 Å². The van der Waals surface area contributed by atoms with Crippen molar-refractivity contribution in [2.24, 2.45) is 0 Å². The lowest BCUT2D eigenvalue weighted by Gasteiger charge is -2.26. The first kappa shape index (κ1) is 14.3. The third kappa shape index (κ3) is 4.84. The van der Waals surface area contributed by atoms with Crippen molar-refractivity contribution in [1.29, 1.82) is 0 Å². The highest BCUT2D eigenvalue weighted by Gasteiger charge is 2.20. The molecule has 0 aromatic heterocycles. The number of urea groups is 1. The molecule has 0 bridgehead atoms. The van der Waals surface area contributed by atoms with Crippen LogP contribution in [0, 0.1) is 0 Å². The summed E-state index contributed by atoms with van der Waals surface area (Å²) in [5.74, 6) is 0. The molecule has 0 saturated heterocycles. The molecule has 0 atom stereocenters. The van der Waals surface area contributed by atoms with Crippen LogP contribution < -0.4 is 10.6 Å². The predicted octanol–water partition coefficient (Wildman–Crippen LogP) is 2.55. The van der Waals surface area contributed by atoms with Gasteiger partial charge in [-0.2, -0.15) is 0 Å². The van der Waals surface area contributed by atoms with E-state index in [9.17, 15) is 9.90 Å². The van der Waals surface area contributed by atoms with Gasteiger partial charge < -0.3 is 15.7 Å². The van der Waals surface area contributed by atoms with Gasteiger partial charge in [-0.25, -0.2) is 4.79 Å². The first-order valence-electron chi connectivity index (χ1n) is 6.60. The summed E-state index contributed by atoms with van der Waals surface area (Å²) in [5, 5.41) is 15.2. The van der Waals surface area contributed by atoms with E-state index in [0.29, 0.717) is 6.54 Å². The largest absolute Gasteiger partial charge is 0.393 e. The molecule has 0 unspecified atom stereocenters. The number of nitrogens with one attached hydrogen (secondary N) is 2. The maximum atomic E-state index is 11.8. The molecule has 4 nitrogen and oxygen atoms in total. The Hall–Kier alpha value is -1.07. The maximum Gasteiger partial charge on any atom is 0.315 e. The lowest BCUT2D eigenvalue weighted by molar-refractivity contribution is 0.117. The second-order valence-electron chi connectivity index (χ2n) is 4.96. The summed E-state index contributed by atoms with van der Waals surface area (Å²) in [6.45, 7) is 0.515. The molecule has 1 saturated carbocycles. The van der Waals surface area contributed by atoms with Crippen molar-refractivity contribution in [3.8, 4) is 0 Å². The van der Waals surface area contributed by atoms with E-state index in [1.165, 1.54) is 0 Å². The minimum atomic E-state index is -0.192. The SMILES string of the molecule is O=C(NCc1cccc(Br)c1)NC1CCC(O)CC1. The van der Waals surface area contributed by atoms with Gasteiger partial charge in [-0.15, -0.1) is 0 Å². The molecular formula is C14H19BrN2O2. The van der Waals surface area contributed by atoms with Gasteiger partial charge in [0.1, 0.15) is 0 Å². The van der Waals surface area contributed by atoms with Gasteiger partial charge in [-0.3, -0.25) is 0 Å². The van der Waals surface area contributed by atoms with Crippen LogP contribution in [0.2, 0.25) is 0 Å². The number of carbonyl (C=O) groups is 1. The van der Waals surface area contributed by atoms with Gasteiger partial charge in [0.2, 0.25) is 0 Å². The molecule has 2 amide bonds. The Morgan fingerprint density at radius 2 is 2.05 bits per heavy atom. The summed E-state index contributed by atoms with van der Waals surface area (Å²) in [7, 11) is 0. The van der Waals surface area contributed by atoms with E-state index in [4.69, 9.17) is 0 Å². The number of aliphatic hydroxyl groups is 1. The fourth-order valence-electron chi connectivity index (χ4n) is 2.29. The third-order valence-electron chi connectivity index (χ3n) is 3.37. The van der Waals surface area contributed by atoms with E-state index in [2.05, 4.69) is 26.6 Å². The zero-order valence-electron chi connectivity index (χ0n) is 10.7. The molecule has 1 fully saturated rings. The molecule has 3 N–H and O–H groups in total. The average Bonchev–Trinajstić information content (AvgIpc) is 2.39. The number of hydrogen-bond donors (Lipinski definition) is 3. The van der Waals surface area contributed by atoms with Crippen LogP contribution in [0.3, 0.4) is 0 Å². The molecule has 1 aromatic carbocycles. The highest BCUT2D eigenvalue weighted by molar-refractivity contribution is 9.10. The zero-order chi connectivity index (χ0) is 13.7. The van der Waals surface area contributed by atoms with Crippen molar-refractivity contribution in [3.05, 3.63) is 34.3 Å². The Bertz CT molecular complexity index is 431. The molecular weight excluding hydrogens is 308 g/mol. The Balaban J connectivity index is 1.73. The van der Waals surface area contributed by atoms with Gasteiger partial charge in [0, 0.05) is 17.1 Å². The molecule has 2 rings (SSSR count). The number of benzene rings is 1. The predicted molar refractivity (Wildman–Crippen MR) is 77.8 cm³/mol. The molecule has 1 aliphatic carbocycles. The topological polar surface area (TPSA) is 61.4 Å². The summed E-state index contributed by atoms with van der Waals surface area (Å²) >= 11 is 3.40. The first-order chi connectivity index (χ1) is 9.13. The summed E-state index contributed by atoms with van der Waals surface area (Å²) in [5.41, 5.74) is 1.06. The third-order valence-corrected chi connectivity index (χ3v) is 3.87. The summed E-state index contributed by atoms with van der Waals surface area (Å²) in [6.07, 6.45) is 3.06. The number of hydrogen-bond acceptors (Lipinski definition) is 2. The van der Waals surface area contributed by atoms with Crippen LogP contribution in [-0.2, 0) is 6.54 Å². The number of halogens is 1. The van der Waals surface area contributed by atoms with Crippen molar-refractivity contribution >= 4 is 22.0 Å². The standard InChI is InChI=1S/C14H19BrN2O2/c15-11-3-1-2-10(8-11)9-16-14(19)17-12-4-6-13(18)7-5-12/h1-3,8,12-13,18H,4-7,9H2,(H2,16,17,19). The maximum absolute atomic E-state index is 11.8. The van der Waals surface area contributed by atoms with Crippen molar-refractivity contribution in [2.45, 2.75) is 44.4 Å². The molecule has 1 aromatic rings. The molecule has 5 heteroatoms. The van der Waals surface area contributed by atoms with E-state index in [1.807, 2.05) is 24.3 Å². The second kappa shape index (κ2) is 6.91. The molecule has 0 radical (unpaired) electrons. The smallest absolute Gasteiger partial charge is 0.315 e. The van der Waals surface area contributed by atoms with Gasteiger partial charge in [-0.1, -0.05) is 28.1 Å². The monoisotopic (exact) mass is 326 g/mol. The van der Waals surface area contributed by atoms with E-state index in [-0.39, 0.29) is 18.2 Å². The van der Waals surface area contributed by atoms with Crippen molar-refractivity contribution < 1.29 is 9.90 Å².